The number of rotatable bonds is 2. The van der Waals surface area contributed by atoms with Crippen LogP contribution in [0.4, 0.5) is 5.69 Å². The van der Waals surface area contributed by atoms with Crippen molar-refractivity contribution in [2.45, 2.75) is 12.8 Å². The van der Waals surface area contributed by atoms with Gasteiger partial charge in [0.1, 0.15) is 0 Å². The van der Waals surface area contributed by atoms with Crippen molar-refractivity contribution in [1.29, 1.82) is 0 Å². The molecule has 0 aromatic heterocycles. The minimum absolute atomic E-state index is 0.245. The average molecular weight is 260 g/mol. The summed E-state index contributed by atoms with van der Waals surface area (Å²) in [7, 11) is 0. The molecular weight excluding hydrogens is 244 g/mol. The van der Waals surface area contributed by atoms with Crippen LogP contribution in [0.15, 0.2) is 18.2 Å². The van der Waals surface area contributed by atoms with Crippen molar-refractivity contribution in [2.75, 3.05) is 24.6 Å². The van der Waals surface area contributed by atoms with E-state index in [2.05, 4.69) is 10.2 Å². The Bertz CT molecular complexity index is 533. The van der Waals surface area contributed by atoms with Crippen molar-refractivity contribution in [3.63, 3.8) is 0 Å². The van der Waals surface area contributed by atoms with Crippen LogP contribution in [0.3, 0.4) is 0 Å². The van der Waals surface area contributed by atoms with Crippen LogP contribution in [0.5, 0.6) is 0 Å². The fourth-order valence-corrected chi connectivity index (χ4v) is 2.73. The number of imide groups is 1. The predicted octanol–water partition coefficient (Wildman–Crippen LogP) is 0.779. The van der Waals surface area contributed by atoms with Crippen LogP contribution in [-0.4, -0.2) is 36.6 Å². The third-order valence-corrected chi connectivity index (χ3v) is 3.96. The Morgan fingerprint density at radius 2 is 1.84 bits per heavy atom. The summed E-state index contributed by atoms with van der Waals surface area (Å²) in [6.45, 7) is 1.99. The van der Waals surface area contributed by atoms with Crippen LogP contribution in [0.25, 0.3) is 0 Å². The highest BCUT2D eigenvalue weighted by atomic mass is 16.3. The number of benzene rings is 1. The number of piperidine rings is 1. The van der Waals surface area contributed by atoms with E-state index in [1.165, 1.54) is 0 Å². The highest BCUT2D eigenvalue weighted by Crippen LogP contribution is 2.26. The van der Waals surface area contributed by atoms with Gasteiger partial charge in [0.15, 0.2) is 0 Å². The first-order valence-corrected chi connectivity index (χ1v) is 6.54. The van der Waals surface area contributed by atoms with Gasteiger partial charge in [0, 0.05) is 25.4 Å². The Kier molecular flexibility index (Phi) is 2.98. The average Bonchev–Trinajstić information content (AvgIpc) is 2.74. The molecule has 5 nitrogen and oxygen atoms in total. The highest BCUT2D eigenvalue weighted by molar-refractivity contribution is 6.21. The van der Waals surface area contributed by atoms with Gasteiger partial charge in [0.25, 0.3) is 11.8 Å². The summed E-state index contributed by atoms with van der Waals surface area (Å²) >= 11 is 0. The van der Waals surface area contributed by atoms with E-state index in [0.717, 1.165) is 31.6 Å². The molecule has 0 bridgehead atoms. The van der Waals surface area contributed by atoms with Gasteiger partial charge < -0.3 is 10.0 Å². The topological polar surface area (TPSA) is 69.6 Å². The number of nitrogens with zero attached hydrogens (tertiary/aromatic N) is 1. The molecule has 1 fully saturated rings. The zero-order valence-electron chi connectivity index (χ0n) is 10.6. The molecular formula is C14H16N2O3. The maximum atomic E-state index is 11.6. The van der Waals surface area contributed by atoms with E-state index in [-0.39, 0.29) is 18.4 Å². The fourth-order valence-electron chi connectivity index (χ4n) is 2.73. The molecule has 0 radical (unpaired) electrons. The molecule has 2 heterocycles. The third kappa shape index (κ3) is 2.10. The standard InChI is InChI=1S/C14H16N2O3/c17-8-9-3-5-16(6-4-9)10-1-2-11-12(7-10)14(19)15-13(11)18/h1-2,7,9,17H,3-6,8H2,(H,15,18,19). The van der Waals surface area contributed by atoms with Crippen molar-refractivity contribution < 1.29 is 14.7 Å². The van der Waals surface area contributed by atoms with E-state index in [1.54, 1.807) is 12.1 Å². The molecule has 2 aliphatic rings. The van der Waals surface area contributed by atoms with E-state index in [4.69, 9.17) is 5.11 Å². The van der Waals surface area contributed by atoms with Crippen molar-refractivity contribution >= 4 is 17.5 Å². The lowest BCUT2D eigenvalue weighted by Crippen LogP contribution is -2.34. The Labute approximate surface area is 111 Å². The van der Waals surface area contributed by atoms with Gasteiger partial charge in [-0.2, -0.15) is 0 Å². The number of hydrogen-bond donors (Lipinski definition) is 2. The van der Waals surface area contributed by atoms with E-state index < -0.39 is 0 Å². The van der Waals surface area contributed by atoms with Crippen LogP contribution in [0.1, 0.15) is 33.6 Å². The molecule has 0 atom stereocenters. The number of carbonyl (C=O) groups excluding carboxylic acids is 2. The number of amides is 2. The lowest BCUT2D eigenvalue weighted by atomic mass is 9.97. The van der Waals surface area contributed by atoms with Gasteiger partial charge in [-0.3, -0.25) is 14.9 Å². The number of anilines is 1. The van der Waals surface area contributed by atoms with Gasteiger partial charge in [-0.1, -0.05) is 0 Å². The SMILES string of the molecule is O=C1NC(=O)c2cc(N3CCC(CO)CC3)ccc21. The Morgan fingerprint density at radius 1 is 1.16 bits per heavy atom. The van der Waals surface area contributed by atoms with Crippen LogP contribution < -0.4 is 10.2 Å². The molecule has 1 aromatic rings. The number of hydrogen-bond acceptors (Lipinski definition) is 4. The van der Waals surface area contributed by atoms with Crippen LogP contribution in [-0.2, 0) is 0 Å². The lowest BCUT2D eigenvalue weighted by molar-refractivity contribution is 0.0879. The molecule has 0 unspecified atom stereocenters. The number of nitrogens with one attached hydrogen (secondary N) is 1. The summed E-state index contributed by atoms with van der Waals surface area (Å²) in [5.41, 5.74) is 1.89. The van der Waals surface area contributed by atoms with Crippen molar-refractivity contribution in [2.24, 2.45) is 5.92 Å². The van der Waals surface area contributed by atoms with E-state index >= 15 is 0 Å². The Morgan fingerprint density at radius 3 is 2.53 bits per heavy atom. The Balaban J connectivity index is 1.82. The van der Waals surface area contributed by atoms with Gasteiger partial charge >= 0.3 is 0 Å². The molecule has 0 saturated carbocycles. The van der Waals surface area contributed by atoms with Crippen molar-refractivity contribution in [1.82, 2.24) is 5.32 Å². The Hall–Kier alpha value is -1.88. The molecule has 100 valence electrons. The monoisotopic (exact) mass is 260 g/mol. The normalized spacial score (nSPS) is 19.5. The predicted molar refractivity (Wildman–Crippen MR) is 70.3 cm³/mol. The highest BCUT2D eigenvalue weighted by Gasteiger charge is 2.28. The lowest BCUT2D eigenvalue weighted by Gasteiger charge is -2.33. The first-order chi connectivity index (χ1) is 9.19. The van der Waals surface area contributed by atoms with Gasteiger partial charge in [-0.05, 0) is 37.0 Å². The number of aliphatic hydroxyl groups excluding tert-OH is 1. The maximum absolute atomic E-state index is 11.6. The van der Waals surface area contributed by atoms with E-state index in [0.29, 0.717) is 17.0 Å². The summed E-state index contributed by atoms with van der Waals surface area (Å²) in [5.74, 6) is -0.242. The minimum Gasteiger partial charge on any atom is -0.396 e. The van der Waals surface area contributed by atoms with Gasteiger partial charge in [-0.25, -0.2) is 0 Å². The van der Waals surface area contributed by atoms with Gasteiger partial charge in [-0.15, -0.1) is 0 Å². The molecule has 2 aliphatic heterocycles. The molecule has 5 heteroatoms. The number of fused-ring (bicyclic) bond motifs is 1. The van der Waals surface area contributed by atoms with Crippen LogP contribution >= 0.6 is 0 Å². The minimum atomic E-state index is -0.314. The smallest absolute Gasteiger partial charge is 0.259 e. The van der Waals surface area contributed by atoms with E-state index in [1.807, 2.05) is 6.07 Å². The maximum Gasteiger partial charge on any atom is 0.259 e. The summed E-state index contributed by atoms with van der Waals surface area (Å²) < 4.78 is 0. The molecule has 0 spiro atoms. The van der Waals surface area contributed by atoms with Crippen LogP contribution in [0, 0.1) is 5.92 Å². The molecule has 2 N–H and O–H groups in total. The van der Waals surface area contributed by atoms with Crippen molar-refractivity contribution in [3.05, 3.63) is 29.3 Å². The van der Waals surface area contributed by atoms with Crippen molar-refractivity contribution in [3.8, 4) is 0 Å². The van der Waals surface area contributed by atoms with Crippen LogP contribution in [0.2, 0.25) is 0 Å². The fraction of sp³-hybridized carbons (Fsp3) is 0.429. The summed E-state index contributed by atoms with van der Waals surface area (Å²) in [5, 5.41) is 11.4. The molecule has 2 amide bonds. The molecule has 1 aromatic carbocycles. The molecule has 3 rings (SSSR count). The zero-order valence-corrected chi connectivity index (χ0v) is 10.6. The van der Waals surface area contributed by atoms with Gasteiger partial charge in [0.05, 0.1) is 11.1 Å². The first-order valence-electron chi connectivity index (χ1n) is 6.54. The second kappa shape index (κ2) is 4.66. The quantitative estimate of drug-likeness (QED) is 0.771. The molecule has 19 heavy (non-hydrogen) atoms. The summed E-state index contributed by atoms with van der Waals surface area (Å²) in [4.78, 5) is 25.3. The van der Waals surface area contributed by atoms with Gasteiger partial charge in [0.2, 0.25) is 0 Å². The summed E-state index contributed by atoms with van der Waals surface area (Å²) in [6, 6.07) is 5.38. The van der Waals surface area contributed by atoms with E-state index in [9.17, 15) is 9.59 Å². The number of carbonyl (C=O) groups is 2. The number of aliphatic hydroxyl groups is 1. The second-order valence-corrected chi connectivity index (χ2v) is 5.13. The zero-order chi connectivity index (χ0) is 13.4. The molecule has 1 saturated heterocycles. The third-order valence-electron chi connectivity index (χ3n) is 3.96. The first kappa shape index (κ1) is 12.2. The second-order valence-electron chi connectivity index (χ2n) is 5.13. The largest absolute Gasteiger partial charge is 0.396 e. The summed E-state index contributed by atoms with van der Waals surface area (Å²) in [6.07, 6.45) is 1.91. The molecule has 0 aliphatic carbocycles.